The minimum atomic E-state index is -0.977. The summed E-state index contributed by atoms with van der Waals surface area (Å²) in [6, 6.07) is 6.93. The van der Waals surface area contributed by atoms with Gasteiger partial charge >= 0.3 is 5.97 Å². The summed E-state index contributed by atoms with van der Waals surface area (Å²) in [5, 5.41) is 11.7. The Morgan fingerprint density at radius 2 is 2.10 bits per heavy atom. The van der Waals surface area contributed by atoms with E-state index in [2.05, 4.69) is 21.2 Å². The van der Waals surface area contributed by atoms with Gasteiger partial charge in [-0.3, -0.25) is 4.79 Å². The van der Waals surface area contributed by atoms with Crippen LogP contribution in [0.15, 0.2) is 28.7 Å². The van der Waals surface area contributed by atoms with Crippen LogP contribution >= 0.6 is 15.9 Å². The fourth-order valence-electron chi connectivity index (χ4n) is 1.88. The topological polar surface area (TPSA) is 66.4 Å². The minimum Gasteiger partial charge on any atom is -0.480 e. The molecule has 0 heterocycles. The van der Waals surface area contributed by atoms with Crippen LogP contribution in [0.2, 0.25) is 0 Å². The molecule has 0 saturated heterocycles. The van der Waals surface area contributed by atoms with Gasteiger partial charge in [-0.1, -0.05) is 48.3 Å². The maximum atomic E-state index is 11.9. The number of rotatable bonds is 7. The summed E-state index contributed by atoms with van der Waals surface area (Å²) in [5.74, 6) is -1.28. The molecule has 110 valence electrons. The highest BCUT2D eigenvalue weighted by molar-refractivity contribution is 9.10. The second-order valence-electron chi connectivity index (χ2n) is 4.90. The smallest absolute Gasteiger partial charge is 0.326 e. The molecular weight excluding hydrogens is 322 g/mol. The molecule has 2 unspecified atom stereocenters. The number of hydrogen-bond acceptors (Lipinski definition) is 2. The van der Waals surface area contributed by atoms with E-state index in [1.807, 2.05) is 38.1 Å². The monoisotopic (exact) mass is 341 g/mol. The van der Waals surface area contributed by atoms with E-state index < -0.39 is 12.0 Å². The summed E-state index contributed by atoms with van der Waals surface area (Å²) in [4.78, 5) is 23.0. The Labute approximate surface area is 127 Å². The van der Waals surface area contributed by atoms with Gasteiger partial charge in [-0.15, -0.1) is 0 Å². The quantitative estimate of drug-likeness (QED) is 0.801. The fourth-order valence-corrected chi connectivity index (χ4v) is 2.33. The number of benzene rings is 1. The molecule has 5 heteroatoms. The van der Waals surface area contributed by atoms with Crippen LogP contribution in [0.5, 0.6) is 0 Å². The Hall–Kier alpha value is -1.36. The van der Waals surface area contributed by atoms with Crippen LogP contribution in [0.3, 0.4) is 0 Å². The molecule has 20 heavy (non-hydrogen) atoms. The van der Waals surface area contributed by atoms with E-state index in [1.165, 1.54) is 0 Å². The third-order valence-corrected chi connectivity index (χ3v) is 3.82. The van der Waals surface area contributed by atoms with Crippen molar-refractivity contribution in [3.05, 3.63) is 34.3 Å². The number of halogens is 1. The lowest BCUT2D eigenvalue weighted by Gasteiger charge is -2.20. The van der Waals surface area contributed by atoms with Gasteiger partial charge in [0.2, 0.25) is 5.91 Å². The highest BCUT2D eigenvalue weighted by atomic mass is 79.9. The highest BCUT2D eigenvalue weighted by Gasteiger charge is 2.24. The molecule has 2 atom stereocenters. The van der Waals surface area contributed by atoms with Crippen LogP contribution in [-0.2, 0) is 16.0 Å². The molecule has 0 spiro atoms. The van der Waals surface area contributed by atoms with Gasteiger partial charge in [0.1, 0.15) is 6.04 Å². The van der Waals surface area contributed by atoms with Crippen molar-refractivity contribution >= 4 is 27.8 Å². The van der Waals surface area contributed by atoms with Crippen molar-refractivity contribution in [1.29, 1.82) is 0 Å². The number of carbonyl (C=O) groups excluding carboxylic acids is 1. The maximum Gasteiger partial charge on any atom is 0.326 e. The summed E-state index contributed by atoms with van der Waals surface area (Å²) in [5.41, 5.74) is 1.05. The molecule has 0 fully saturated rings. The average molecular weight is 342 g/mol. The number of aryl methyl sites for hydroxylation is 1. The van der Waals surface area contributed by atoms with Gasteiger partial charge < -0.3 is 10.4 Å². The summed E-state index contributed by atoms with van der Waals surface area (Å²) in [6.45, 7) is 3.74. The van der Waals surface area contributed by atoms with E-state index in [4.69, 9.17) is 5.11 Å². The average Bonchev–Trinajstić information content (AvgIpc) is 2.41. The van der Waals surface area contributed by atoms with Crippen molar-refractivity contribution < 1.29 is 14.7 Å². The Kier molecular flexibility index (Phi) is 6.71. The van der Waals surface area contributed by atoms with Gasteiger partial charge in [0.25, 0.3) is 0 Å². The molecule has 0 aliphatic carbocycles. The molecule has 0 saturated carbocycles. The molecule has 0 aliphatic rings. The van der Waals surface area contributed by atoms with Gasteiger partial charge in [-0.2, -0.15) is 0 Å². The van der Waals surface area contributed by atoms with E-state index in [0.717, 1.165) is 10.0 Å². The van der Waals surface area contributed by atoms with Crippen LogP contribution < -0.4 is 5.32 Å². The van der Waals surface area contributed by atoms with E-state index in [0.29, 0.717) is 12.8 Å². The lowest BCUT2D eigenvalue weighted by atomic mass is 9.99. The number of hydrogen-bond donors (Lipinski definition) is 2. The Balaban J connectivity index is 2.52. The van der Waals surface area contributed by atoms with Crippen LogP contribution in [-0.4, -0.2) is 23.0 Å². The normalized spacial score (nSPS) is 13.6. The predicted molar refractivity (Wildman–Crippen MR) is 81.5 cm³/mol. The lowest BCUT2D eigenvalue weighted by molar-refractivity contribution is -0.143. The van der Waals surface area contributed by atoms with E-state index in [1.54, 1.807) is 0 Å². The van der Waals surface area contributed by atoms with Crippen LogP contribution in [0, 0.1) is 5.92 Å². The molecule has 0 bridgehead atoms. The number of carboxylic acid groups (broad SMARTS) is 1. The first kappa shape index (κ1) is 16.7. The van der Waals surface area contributed by atoms with E-state index in [-0.39, 0.29) is 18.2 Å². The lowest BCUT2D eigenvalue weighted by Crippen LogP contribution is -2.45. The zero-order chi connectivity index (χ0) is 15.1. The zero-order valence-electron chi connectivity index (χ0n) is 11.7. The molecule has 0 aromatic heterocycles. The Bertz CT molecular complexity index is 476. The van der Waals surface area contributed by atoms with Crippen LogP contribution in [0.25, 0.3) is 0 Å². The third kappa shape index (κ3) is 5.33. The molecule has 1 aromatic rings. The molecule has 0 aliphatic heterocycles. The molecule has 1 amide bonds. The SMILES string of the molecule is CCC(C)C(NC(=O)CCc1cccc(Br)c1)C(=O)O. The number of carbonyl (C=O) groups is 2. The van der Waals surface area contributed by atoms with Gasteiger partial charge in [0, 0.05) is 10.9 Å². The molecule has 1 aromatic carbocycles. The molecule has 0 radical (unpaired) electrons. The third-order valence-electron chi connectivity index (χ3n) is 3.33. The van der Waals surface area contributed by atoms with Gasteiger partial charge in [-0.25, -0.2) is 4.79 Å². The first-order valence-electron chi connectivity index (χ1n) is 6.70. The van der Waals surface area contributed by atoms with Crippen molar-refractivity contribution in [3.8, 4) is 0 Å². The number of aliphatic carboxylic acids is 1. The second-order valence-corrected chi connectivity index (χ2v) is 5.81. The van der Waals surface area contributed by atoms with E-state index >= 15 is 0 Å². The summed E-state index contributed by atoms with van der Waals surface area (Å²) < 4.78 is 0.971. The Morgan fingerprint density at radius 3 is 2.65 bits per heavy atom. The largest absolute Gasteiger partial charge is 0.480 e. The predicted octanol–water partition coefficient (Wildman–Crippen LogP) is 3.00. The van der Waals surface area contributed by atoms with Crippen molar-refractivity contribution in [2.24, 2.45) is 5.92 Å². The number of carboxylic acids is 1. The van der Waals surface area contributed by atoms with E-state index in [9.17, 15) is 9.59 Å². The van der Waals surface area contributed by atoms with Crippen molar-refractivity contribution in [2.75, 3.05) is 0 Å². The van der Waals surface area contributed by atoms with Crippen molar-refractivity contribution in [1.82, 2.24) is 5.32 Å². The molecule has 2 N–H and O–H groups in total. The van der Waals surface area contributed by atoms with Crippen LogP contribution in [0.4, 0.5) is 0 Å². The number of amides is 1. The van der Waals surface area contributed by atoms with Gasteiger partial charge in [-0.05, 0) is 30.0 Å². The summed E-state index contributed by atoms with van der Waals surface area (Å²) in [6.07, 6.45) is 1.59. The highest BCUT2D eigenvalue weighted by Crippen LogP contribution is 2.13. The van der Waals surface area contributed by atoms with Crippen molar-refractivity contribution in [3.63, 3.8) is 0 Å². The van der Waals surface area contributed by atoms with Crippen LogP contribution in [0.1, 0.15) is 32.3 Å². The standard InChI is InChI=1S/C15H20BrNO3/c1-3-10(2)14(15(19)20)17-13(18)8-7-11-5-4-6-12(16)9-11/h4-6,9-10,14H,3,7-8H2,1-2H3,(H,17,18)(H,19,20). The second kappa shape index (κ2) is 8.04. The minimum absolute atomic E-state index is 0.0812. The van der Waals surface area contributed by atoms with Gasteiger partial charge in [0.15, 0.2) is 0 Å². The number of nitrogens with one attached hydrogen (secondary N) is 1. The van der Waals surface area contributed by atoms with Crippen molar-refractivity contribution in [2.45, 2.75) is 39.2 Å². The zero-order valence-corrected chi connectivity index (χ0v) is 13.3. The summed E-state index contributed by atoms with van der Waals surface area (Å²) >= 11 is 3.38. The first-order chi connectivity index (χ1) is 9.43. The molecule has 1 rings (SSSR count). The summed E-state index contributed by atoms with van der Waals surface area (Å²) in [7, 11) is 0. The first-order valence-corrected chi connectivity index (χ1v) is 7.50. The molecular formula is C15H20BrNO3. The molecule has 4 nitrogen and oxygen atoms in total. The fraction of sp³-hybridized carbons (Fsp3) is 0.467. The Morgan fingerprint density at radius 1 is 1.40 bits per heavy atom. The van der Waals surface area contributed by atoms with Gasteiger partial charge in [0.05, 0.1) is 0 Å². The maximum absolute atomic E-state index is 11.9.